The molecular formula is C24H31NO2. The van der Waals surface area contributed by atoms with E-state index in [0.717, 1.165) is 24.0 Å². The molecule has 0 aliphatic carbocycles. The van der Waals surface area contributed by atoms with Crippen LogP contribution in [0.2, 0.25) is 0 Å². The lowest BCUT2D eigenvalue weighted by molar-refractivity contribution is -0.131. The second-order valence-corrected chi connectivity index (χ2v) is 8.63. The van der Waals surface area contributed by atoms with Crippen LogP contribution in [0, 0.1) is 0 Å². The summed E-state index contributed by atoms with van der Waals surface area (Å²) in [5, 5.41) is 3.27. The molecule has 1 aliphatic rings. The number of nitrogens with one attached hydrogen (secondary N) is 1. The molecule has 2 aromatic carbocycles. The van der Waals surface area contributed by atoms with Gasteiger partial charge in [-0.15, -0.1) is 0 Å². The Hall–Kier alpha value is -2.13. The summed E-state index contributed by atoms with van der Waals surface area (Å²) in [6.45, 7) is 9.93. The SMILES string of the molecule is C[C@H](NC(=O)C1(c2ccccc2)CCOCC1)c1ccc(C(C)(C)C)cc1. The zero-order valence-corrected chi connectivity index (χ0v) is 16.9. The van der Waals surface area contributed by atoms with Crippen molar-refractivity contribution in [2.45, 2.75) is 57.4 Å². The molecule has 2 aromatic rings. The zero-order valence-electron chi connectivity index (χ0n) is 16.9. The van der Waals surface area contributed by atoms with Gasteiger partial charge in [0.15, 0.2) is 0 Å². The van der Waals surface area contributed by atoms with E-state index in [1.165, 1.54) is 5.56 Å². The van der Waals surface area contributed by atoms with Crippen LogP contribution in [0.25, 0.3) is 0 Å². The topological polar surface area (TPSA) is 38.3 Å². The van der Waals surface area contributed by atoms with Gasteiger partial charge in [-0.1, -0.05) is 75.4 Å². The number of amides is 1. The van der Waals surface area contributed by atoms with E-state index >= 15 is 0 Å². The first-order valence-electron chi connectivity index (χ1n) is 9.88. The number of benzene rings is 2. The van der Waals surface area contributed by atoms with Gasteiger partial charge in [0.1, 0.15) is 0 Å². The summed E-state index contributed by atoms with van der Waals surface area (Å²) in [6.07, 6.45) is 1.44. The zero-order chi connectivity index (χ0) is 19.5. The molecule has 1 N–H and O–H groups in total. The highest BCUT2D eigenvalue weighted by atomic mass is 16.5. The third-order valence-corrected chi connectivity index (χ3v) is 5.73. The molecule has 1 atom stereocenters. The van der Waals surface area contributed by atoms with E-state index in [1.54, 1.807) is 0 Å². The number of hydrogen-bond acceptors (Lipinski definition) is 2. The highest BCUT2D eigenvalue weighted by Gasteiger charge is 2.42. The van der Waals surface area contributed by atoms with Crippen LogP contribution >= 0.6 is 0 Å². The van der Waals surface area contributed by atoms with Crippen LogP contribution in [0.15, 0.2) is 54.6 Å². The van der Waals surface area contributed by atoms with Gasteiger partial charge in [0, 0.05) is 13.2 Å². The van der Waals surface area contributed by atoms with E-state index in [2.05, 4.69) is 69.4 Å². The van der Waals surface area contributed by atoms with Crippen molar-refractivity contribution in [1.29, 1.82) is 0 Å². The van der Waals surface area contributed by atoms with Gasteiger partial charge in [0.2, 0.25) is 5.91 Å². The van der Waals surface area contributed by atoms with Gasteiger partial charge in [-0.25, -0.2) is 0 Å². The minimum Gasteiger partial charge on any atom is -0.381 e. The van der Waals surface area contributed by atoms with Gasteiger partial charge < -0.3 is 10.1 Å². The Bertz CT molecular complexity index is 753. The molecule has 1 saturated heterocycles. The van der Waals surface area contributed by atoms with Crippen molar-refractivity contribution in [2.24, 2.45) is 0 Å². The number of carbonyl (C=O) groups excluding carboxylic acids is 1. The molecule has 0 radical (unpaired) electrons. The minimum atomic E-state index is -0.501. The maximum atomic E-state index is 13.4. The third-order valence-electron chi connectivity index (χ3n) is 5.73. The van der Waals surface area contributed by atoms with Crippen molar-refractivity contribution < 1.29 is 9.53 Å². The molecule has 1 heterocycles. The van der Waals surface area contributed by atoms with Crippen molar-refractivity contribution in [3.63, 3.8) is 0 Å². The van der Waals surface area contributed by atoms with Crippen molar-refractivity contribution in [3.8, 4) is 0 Å². The monoisotopic (exact) mass is 365 g/mol. The lowest BCUT2D eigenvalue weighted by Gasteiger charge is -2.37. The van der Waals surface area contributed by atoms with Crippen LogP contribution in [0.4, 0.5) is 0 Å². The van der Waals surface area contributed by atoms with Gasteiger partial charge in [0.25, 0.3) is 0 Å². The second-order valence-electron chi connectivity index (χ2n) is 8.63. The molecule has 0 unspecified atom stereocenters. The Balaban J connectivity index is 1.79. The van der Waals surface area contributed by atoms with Gasteiger partial charge in [-0.3, -0.25) is 4.79 Å². The quantitative estimate of drug-likeness (QED) is 0.836. The number of hydrogen-bond donors (Lipinski definition) is 1. The fourth-order valence-electron chi connectivity index (χ4n) is 3.81. The van der Waals surface area contributed by atoms with Crippen molar-refractivity contribution >= 4 is 5.91 Å². The molecule has 144 valence electrons. The molecular weight excluding hydrogens is 334 g/mol. The molecule has 1 amide bonds. The Morgan fingerprint density at radius 2 is 1.59 bits per heavy atom. The van der Waals surface area contributed by atoms with Crippen LogP contribution in [0.1, 0.15) is 63.3 Å². The molecule has 0 saturated carbocycles. The minimum absolute atomic E-state index is 0.0325. The summed E-state index contributed by atoms with van der Waals surface area (Å²) in [5.74, 6) is 0.101. The van der Waals surface area contributed by atoms with Gasteiger partial charge in [-0.2, -0.15) is 0 Å². The first-order chi connectivity index (χ1) is 12.8. The average Bonchev–Trinajstić information content (AvgIpc) is 2.68. The lowest BCUT2D eigenvalue weighted by Crippen LogP contribution is -2.48. The number of rotatable bonds is 4. The maximum Gasteiger partial charge on any atom is 0.231 e. The van der Waals surface area contributed by atoms with E-state index < -0.39 is 5.41 Å². The summed E-state index contributed by atoms with van der Waals surface area (Å²) < 4.78 is 5.55. The summed E-state index contributed by atoms with van der Waals surface area (Å²) in [7, 11) is 0. The molecule has 3 nitrogen and oxygen atoms in total. The van der Waals surface area contributed by atoms with Crippen LogP contribution in [0.5, 0.6) is 0 Å². The first kappa shape index (κ1) is 19.6. The molecule has 0 spiro atoms. The molecule has 0 aromatic heterocycles. The molecule has 1 fully saturated rings. The van der Waals surface area contributed by atoms with E-state index in [9.17, 15) is 4.79 Å². The Morgan fingerprint density at radius 3 is 2.15 bits per heavy atom. The van der Waals surface area contributed by atoms with E-state index in [-0.39, 0.29) is 17.4 Å². The average molecular weight is 366 g/mol. The highest BCUT2D eigenvalue weighted by molar-refractivity contribution is 5.88. The predicted molar refractivity (Wildman–Crippen MR) is 110 cm³/mol. The van der Waals surface area contributed by atoms with Crippen LogP contribution < -0.4 is 5.32 Å². The van der Waals surface area contributed by atoms with Gasteiger partial charge in [0.05, 0.1) is 11.5 Å². The second kappa shape index (κ2) is 7.85. The summed E-state index contributed by atoms with van der Waals surface area (Å²) in [4.78, 5) is 13.4. The fourth-order valence-corrected chi connectivity index (χ4v) is 3.81. The predicted octanol–water partition coefficient (Wildman–Crippen LogP) is 4.91. The maximum absolute atomic E-state index is 13.4. The third kappa shape index (κ3) is 4.24. The van der Waals surface area contributed by atoms with Crippen molar-refractivity contribution in [1.82, 2.24) is 5.32 Å². The van der Waals surface area contributed by atoms with Gasteiger partial charge in [-0.05, 0) is 41.9 Å². The molecule has 27 heavy (non-hydrogen) atoms. The van der Waals surface area contributed by atoms with E-state index in [1.807, 2.05) is 18.2 Å². The summed E-state index contributed by atoms with van der Waals surface area (Å²) in [5.41, 5.74) is 3.14. The molecule has 3 heteroatoms. The van der Waals surface area contributed by atoms with Crippen molar-refractivity contribution in [3.05, 3.63) is 71.3 Å². The Labute approximate surface area is 163 Å². The van der Waals surface area contributed by atoms with Crippen molar-refractivity contribution in [2.75, 3.05) is 13.2 Å². The fraction of sp³-hybridized carbons (Fsp3) is 0.458. The van der Waals surface area contributed by atoms with Crippen LogP contribution in [-0.4, -0.2) is 19.1 Å². The lowest BCUT2D eigenvalue weighted by atomic mass is 9.73. The first-order valence-corrected chi connectivity index (χ1v) is 9.88. The summed E-state index contributed by atoms with van der Waals surface area (Å²) >= 11 is 0. The normalized spacial score (nSPS) is 17.9. The molecule has 1 aliphatic heterocycles. The standard InChI is InChI=1S/C24H31NO2/c1-18(19-10-12-20(13-11-19)23(2,3)4)25-22(26)24(14-16-27-17-15-24)21-8-6-5-7-9-21/h5-13,18H,14-17H2,1-4H3,(H,25,26)/t18-/m0/s1. The summed E-state index contributed by atoms with van der Waals surface area (Å²) in [6, 6.07) is 18.7. The van der Waals surface area contributed by atoms with Crippen LogP contribution in [0.3, 0.4) is 0 Å². The smallest absolute Gasteiger partial charge is 0.231 e. The Kier molecular flexibility index (Phi) is 5.71. The van der Waals surface area contributed by atoms with Crippen LogP contribution in [-0.2, 0) is 20.4 Å². The van der Waals surface area contributed by atoms with Gasteiger partial charge >= 0.3 is 0 Å². The number of ether oxygens (including phenoxy) is 1. The molecule has 0 bridgehead atoms. The largest absolute Gasteiger partial charge is 0.381 e. The Morgan fingerprint density at radius 1 is 1.00 bits per heavy atom. The highest BCUT2D eigenvalue weighted by Crippen LogP contribution is 2.36. The van der Waals surface area contributed by atoms with E-state index in [0.29, 0.717) is 13.2 Å². The number of carbonyl (C=O) groups is 1. The molecule has 3 rings (SSSR count). The van der Waals surface area contributed by atoms with E-state index in [4.69, 9.17) is 4.74 Å².